The Hall–Kier alpha value is -1.89. The zero-order valence-corrected chi connectivity index (χ0v) is 13.9. The van der Waals surface area contributed by atoms with Gasteiger partial charge in [0.25, 0.3) is 0 Å². The standard InChI is InChI=1S/C16H20N2O4S/c1-2-22-16(21)15(20)18-7-5-17(6-8-18)14(19)12-10-11(12)13-4-3-9-23-13/h3-4,9,11-12H,2,5-8,10H2,1H3/t11-,12+/m0/s1. The average molecular weight is 336 g/mol. The number of hydrogen-bond donors (Lipinski definition) is 0. The molecular weight excluding hydrogens is 316 g/mol. The van der Waals surface area contributed by atoms with Crippen molar-refractivity contribution in [3.05, 3.63) is 22.4 Å². The van der Waals surface area contributed by atoms with E-state index < -0.39 is 11.9 Å². The Balaban J connectivity index is 1.49. The molecule has 1 saturated carbocycles. The van der Waals surface area contributed by atoms with E-state index in [0.29, 0.717) is 32.1 Å². The molecule has 2 fully saturated rings. The lowest BCUT2D eigenvalue weighted by Gasteiger charge is -2.34. The second-order valence-corrected chi connectivity index (χ2v) is 6.78. The molecule has 0 spiro atoms. The maximum absolute atomic E-state index is 12.5. The number of carbonyl (C=O) groups is 3. The molecule has 1 saturated heterocycles. The van der Waals surface area contributed by atoms with Gasteiger partial charge >= 0.3 is 11.9 Å². The monoisotopic (exact) mass is 336 g/mol. The average Bonchev–Trinajstić information content (AvgIpc) is 3.18. The fourth-order valence-corrected chi connectivity index (χ4v) is 3.88. The van der Waals surface area contributed by atoms with Gasteiger partial charge in [-0.2, -0.15) is 0 Å². The summed E-state index contributed by atoms with van der Waals surface area (Å²) in [6.07, 6.45) is 0.918. The smallest absolute Gasteiger partial charge is 0.397 e. The highest BCUT2D eigenvalue weighted by Crippen LogP contribution is 2.50. The van der Waals surface area contributed by atoms with E-state index in [0.717, 1.165) is 6.42 Å². The van der Waals surface area contributed by atoms with Gasteiger partial charge in [-0.3, -0.25) is 9.59 Å². The van der Waals surface area contributed by atoms with Crippen LogP contribution in [0.15, 0.2) is 17.5 Å². The van der Waals surface area contributed by atoms with Gasteiger partial charge in [-0.25, -0.2) is 4.79 Å². The Morgan fingerprint density at radius 2 is 1.91 bits per heavy atom. The van der Waals surface area contributed by atoms with E-state index in [2.05, 4.69) is 6.07 Å². The van der Waals surface area contributed by atoms with Crippen LogP contribution in [0.2, 0.25) is 0 Å². The van der Waals surface area contributed by atoms with Crippen molar-refractivity contribution in [1.82, 2.24) is 9.80 Å². The fourth-order valence-electron chi connectivity index (χ4n) is 2.97. The zero-order chi connectivity index (χ0) is 16.4. The molecule has 2 atom stereocenters. The topological polar surface area (TPSA) is 66.9 Å². The summed E-state index contributed by atoms with van der Waals surface area (Å²) in [4.78, 5) is 40.4. The summed E-state index contributed by atoms with van der Waals surface area (Å²) in [5.41, 5.74) is 0. The molecule has 7 heteroatoms. The number of ether oxygens (including phenoxy) is 1. The molecule has 1 aromatic heterocycles. The molecule has 0 bridgehead atoms. The summed E-state index contributed by atoms with van der Waals surface area (Å²) in [6.45, 7) is 3.60. The summed E-state index contributed by atoms with van der Waals surface area (Å²) < 4.78 is 4.73. The van der Waals surface area contributed by atoms with Crippen LogP contribution in [0.3, 0.4) is 0 Å². The molecule has 0 radical (unpaired) electrons. The molecule has 23 heavy (non-hydrogen) atoms. The lowest BCUT2D eigenvalue weighted by atomic mass is 10.2. The maximum Gasteiger partial charge on any atom is 0.397 e. The van der Waals surface area contributed by atoms with E-state index in [1.807, 2.05) is 16.3 Å². The number of rotatable bonds is 3. The first-order valence-corrected chi connectivity index (χ1v) is 8.78. The Labute approximate surface area is 139 Å². The van der Waals surface area contributed by atoms with E-state index in [1.165, 1.54) is 9.78 Å². The number of carbonyl (C=O) groups excluding carboxylic acids is 3. The third kappa shape index (κ3) is 3.39. The molecule has 124 valence electrons. The minimum absolute atomic E-state index is 0.0842. The zero-order valence-electron chi connectivity index (χ0n) is 13.1. The Kier molecular flexibility index (Phi) is 4.66. The van der Waals surface area contributed by atoms with Crippen LogP contribution < -0.4 is 0 Å². The quantitative estimate of drug-likeness (QED) is 0.612. The van der Waals surface area contributed by atoms with Crippen molar-refractivity contribution >= 4 is 29.1 Å². The van der Waals surface area contributed by atoms with Crippen LogP contribution in [-0.4, -0.2) is 60.4 Å². The second-order valence-electron chi connectivity index (χ2n) is 5.80. The second kappa shape index (κ2) is 6.70. The predicted molar refractivity (Wildman–Crippen MR) is 85.0 cm³/mol. The van der Waals surface area contributed by atoms with E-state index in [9.17, 15) is 14.4 Å². The number of hydrogen-bond acceptors (Lipinski definition) is 5. The van der Waals surface area contributed by atoms with Crippen molar-refractivity contribution in [2.75, 3.05) is 32.8 Å². The molecule has 0 aromatic carbocycles. The molecule has 2 aliphatic rings. The molecule has 0 N–H and O–H groups in total. The Bertz CT molecular complexity index is 593. The van der Waals surface area contributed by atoms with E-state index in [-0.39, 0.29) is 18.4 Å². The van der Waals surface area contributed by atoms with Crippen LogP contribution in [-0.2, 0) is 19.1 Å². The van der Waals surface area contributed by atoms with Gasteiger partial charge in [0.15, 0.2) is 0 Å². The van der Waals surface area contributed by atoms with Crippen LogP contribution in [0.1, 0.15) is 24.1 Å². The number of esters is 1. The summed E-state index contributed by atoms with van der Waals surface area (Å²) in [6, 6.07) is 4.10. The molecule has 3 rings (SSSR count). The predicted octanol–water partition coefficient (Wildman–Crippen LogP) is 1.09. The lowest BCUT2D eigenvalue weighted by molar-refractivity contribution is -0.161. The van der Waals surface area contributed by atoms with Gasteiger partial charge in [0.1, 0.15) is 0 Å². The first-order chi connectivity index (χ1) is 11.1. The first-order valence-electron chi connectivity index (χ1n) is 7.90. The van der Waals surface area contributed by atoms with Gasteiger partial charge in [-0.1, -0.05) is 6.07 Å². The van der Waals surface area contributed by atoms with E-state index in [1.54, 1.807) is 18.3 Å². The van der Waals surface area contributed by atoms with Crippen molar-refractivity contribution < 1.29 is 19.1 Å². The molecule has 2 amide bonds. The number of thiophene rings is 1. The summed E-state index contributed by atoms with van der Waals surface area (Å²) >= 11 is 1.70. The maximum atomic E-state index is 12.5. The third-order valence-electron chi connectivity index (χ3n) is 4.34. The molecule has 1 aliphatic heterocycles. The molecule has 1 aliphatic carbocycles. The third-order valence-corrected chi connectivity index (χ3v) is 5.35. The fraction of sp³-hybridized carbons (Fsp3) is 0.562. The SMILES string of the molecule is CCOC(=O)C(=O)N1CCN(C(=O)[C@@H]2C[C@@H]2c2cccs2)CC1. The van der Waals surface area contributed by atoms with Crippen molar-refractivity contribution in [3.8, 4) is 0 Å². The van der Waals surface area contributed by atoms with Crippen LogP contribution >= 0.6 is 11.3 Å². The Morgan fingerprint density at radius 3 is 2.52 bits per heavy atom. The Morgan fingerprint density at radius 1 is 1.22 bits per heavy atom. The highest BCUT2D eigenvalue weighted by molar-refractivity contribution is 7.10. The van der Waals surface area contributed by atoms with Gasteiger partial charge in [-0.15, -0.1) is 11.3 Å². The van der Waals surface area contributed by atoms with Gasteiger partial charge in [-0.05, 0) is 24.8 Å². The molecule has 2 heterocycles. The summed E-state index contributed by atoms with van der Waals surface area (Å²) in [5.74, 6) is -0.802. The minimum atomic E-state index is -0.813. The molecular formula is C16H20N2O4S. The molecule has 1 aromatic rings. The number of nitrogens with zero attached hydrogens (tertiary/aromatic N) is 2. The van der Waals surface area contributed by atoms with Gasteiger partial charge in [0.05, 0.1) is 6.61 Å². The molecule has 6 nitrogen and oxygen atoms in total. The van der Waals surface area contributed by atoms with Gasteiger partial charge in [0, 0.05) is 42.9 Å². The van der Waals surface area contributed by atoms with Crippen LogP contribution in [0.25, 0.3) is 0 Å². The highest BCUT2D eigenvalue weighted by atomic mass is 32.1. The van der Waals surface area contributed by atoms with Crippen molar-refractivity contribution in [1.29, 1.82) is 0 Å². The van der Waals surface area contributed by atoms with Crippen molar-refractivity contribution in [2.24, 2.45) is 5.92 Å². The van der Waals surface area contributed by atoms with E-state index >= 15 is 0 Å². The highest BCUT2D eigenvalue weighted by Gasteiger charge is 2.46. The van der Waals surface area contributed by atoms with Crippen LogP contribution in [0, 0.1) is 5.92 Å². The number of amides is 2. The lowest BCUT2D eigenvalue weighted by Crippen LogP contribution is -2.52. The summed E-state index contributed by atoms with van der Waals surface area (Å²) in [5, 5.41) is 2.04. The van der Waals surface area contributed by atoms with Crippen LogP contribution in [0.5, 0.6) is 0 Å². The van der Waals surface area contributed by atoms with Gasteiger partial charge in [0.2, 0.25) is 5.91 Å². The minimum Gasteiger partial charge on any atom is -0.459 e. The summed E-state index contributed by atoms with van der Waals surface area (Å²) in [7, 11) is 0. The largest absolute Gasteiger partial charge is 0.459 e. The van der Waals surface area contributed by atoms with E-state index in [4.69, 9.17) is 4.74 Å². The van der Waals surface area contributed by atoms with Crippen molar-refractivity contribution in [3.63, 3.8) is 0 Å². The normalized spacial score (nSPS) is 23.5. The molecule has 0 unspecified atom stereocenters. The van der Waals surface area contributed by atoms with Gasteiger partial charge < -0.3 is 14.5 Å². The van der Waals surface area contributed by atoms with Crippen LogP contribution in [0.4, 0.5) is 0 Å². The number of piperazine rings is 1. The van der Waals surface area contributed by atoms with Crippen molar-refractivity contribution in [2.45, 2.75) is 19.3 Å². The first kappa shape index (κ1) is 16.0.